The molecule has 2 bridgehead atoms. The maximum absolute atomic E-state index is 6.67. The lowest BCUT2D eigenvalue weighted by atomic mass is 9.54. The van der Waals surface area contributed by atoms with Gasteiger partial charge in [-0.2, -0.15) is 0 Å². The Labute approximate surface area is 324 Å². The summed E-state index contributed by atoms with van der Waals surface area (Å²) in [5.74, 6) is 4.20. The van der Waals surface area contributed by atoms with Gasteiger partial charge >= 0.3 is 0 Å². The molecule has 2 saturated carbocycles. The number of para-hydroxylation sites is 1. The first-order valence-corrected chi connectivity index (χ1v) is 20.4. The third-order valence-corrected chi connectivity index (χ3v) is 13.5. The van der Waals surface area contributed by atoms with Crippen LogP contribution in [0.3, 0.4) is 0 Å². The highest BCUT2D eigenvalue weighted by Crippen LogP contribution is 2.54. The van der Waals surface area contributed by atoms with Crippen LogP contribution in [0, 0.1) is 17.8 Å². The summed E-state index contributed by atoms with van der Waals surface area (Å²) in [5.41, 5.74) is 8.38. The molecule has 2 aliphatic rings. The molecule has 6 heteroatoms. The summed E-state index contributed by atoms with van der Waals surface area (Å²) < 4.78 is 9.14. The Morgan fingerprint density at radius 3 is 2.04 bits per heavy atom. The van der Waals surface area contributed by atoms with E-state index in [1.165, 1.54) is 63.4 Å². The number of rotatable bonds is 5. The minimum Gasteiger partial charge on any atom is -0.455 e. The van der Waals surface area contributed by atoms with Crippen molar-refractivity contribution >= 4 is 53.4 Å². The third kappa shape index (κ3) is 5.57. The standard InChI is InChI=1S/C49H40N4OS/c1-29-21-31-22-30(2)27-49(26-29,28-31)36-14-11-32(12-15-36)35-23-40-37-7-3-5-9-42(37)54-45(40)41(24-35)48-52-46(33-17-19-50-20-18-33)51-47(53-48)34-13-16-39-38-8-4-6-10-43(38)55-44(39)25-34/h3-20,23-25,29-31H,21-22,26-28H2,1-2H3. The molecule has 2 atom stereocenters. The predicted molar refractivity (Wildman–Crippen MR) is 226 cm³/mol. The van der Waals surface area contributed by atoms with Gasteiger partial charge in [-0.1, -0.05) is 86.6 Å². The number of pyridine rings is 1. The third-order valence-electron chi connectivity index (χ3n) is 12.4. The Morgan fingerprint density at radius 2 is 1.24 bits per heavy atom. The second kappa shape index (κ2) is 12.7. The smallest absolute Gasteiger partial charge is 0.167 e. The molecule has 0 saturated heterocycles. The van der Waals surface area contributed by atoms with Crippen molar-refractivity contribution < 1.29 is 4.42 Å². The Balaban J connectivity index is 1.09. The van der Waals surface area contributed by atoms with E-state index in [2.05, 4.69) is 110 Å². The van der Waals surface area contributed by atoms with E-state index < -0.39 is 0 Å². The highest BCUT2D eigenvalue weighted by atomic mass is 32.1. The number of furan rings is 1. The van der Waals surface area contributed by atoms with Gasteiger partial charge in [0.25, 0.3) is 0 Å². The van der Waals surface area contributed by atoms with E-state index in [1.807, 2.05) is 24.3 Å². The lowest BCUT2D eigenvalue weighted by Gasteiger charge is -2.50. The molecule has 5 aromatic carbocycles. The average Bonchev–Trinajstić information content (AvgIpc) is 3.78. The molecule has 11 rings (SSSR count). The van der Waals surface area contributed by atoms with Gasteiger partial charge in [0.2, 0.25) is 0 Å². The fourth-order valence-electron chi connectivity index (χ4n) is 10.4. The summed E-state index contributed by atoms with van der Waals surface area (Å²) in [6.07, 6.45) is 10.2. The Kier molecular flexibility index (Phi) is 7.53. The van der Waals surface area contributed by atoms with Crippen molar-refractivity contribution in [3.63, 3.8) is 0 Å². The van der Waals surface area contributed by atoms with Crippen LogP contribution in [-0.4, -0.2) is 19.9 Å². The molecule has 0 spiro atoms. The maximum atomic E-state index is 6.67. The van der Waals surface area contributed by atoms with E-state index in [9.17, 15) is 0 Å². The van der Waals surface area contributed by atoms with Gasteiger partial charge < -0.3 is 4.42 Å². The van der Waals surface area contributed by atoms with Crippen LogP contribution >= 0.6 is 11.3 Å². The zero-order valence-corrected chi connectivity index (χ0v) is 31.8. The lowest BCUT2D eigenvalue weighted by Crippen LogP contribution is -2.42. The maximum Gasteiger partial charge on any atom is 0.167 e. The van der Waals surface area contributed by atoms with Crippen LogP contribution in [0.1, 0.15) is 51.5 Å². The van der Waals surface area contributed by atoms with Gasteiger partial charge in [-0.05, 0) is 114 Å². The lowest BCUT2D eigenvalue weighted by molar-refractivity contribution is 0.0780. The van der Waals surface area contributed by atoms with Crippen molar-refractivity contribution in [3.8, 4) is 45.3 Å². The molecule has 4 heterocycles. The van der Waals surface area contributed by atoms with Crippen LogP contribution in [0.2, 0.25) is 0 Å². The molecule has 0 amide bonds. The summed E-state index contributed by atoms with van der Waals surface area (Å²) in [6.45, 7) is 4.93. The molecular weight excluding hydrogens is 693 g/mol. The molecule has 0 N–H and O–H groups in total. The predicted octanol–water partition coefficient (Wildman–Crippen LogP) is 13.3. The number of aromatic nitrogens is 4. The van der Waals surface area contributed by atoms with Crippen molar-refractivity contribution in [3.05, 3.63) is 133 Å². The zero-order valence-electron chi connectivity index (χ0n) is 31.0. The number of fused-ring (bicyclic) bond motifs is 8. The second-order valence-corrected chi connectivity index (χ2v) is 17.5. The molecule has 9 aromatic rings. The molecule has 2 fully saturated rings. The second-order valence-electron chi connectivity index (χ2n) is 16.4. The average molecular weight is 733 g/mol. The summed E-state index contributed by atoms with van der Waals surface area (Å²) in [4.78, 5) is 19.8. The fourth-order valence-corrected chi connectivity index (χ4v) is 11.5. The van der Waals surface area contributed by atoms with Crippen molar-refractivity contribution in [2.75, 3.05) is 0 Å². The first-order valence-electron chi connectivity index (χ1n) is 19.6. The molecule has 4 aromatic heterocycles. The van der Waals surface area contributed by atoms with Crippen LogP contribution in [0.4, 0.5) is 0 Å². The number of hydrogen-bond donors (Lipinski definition) is 0. The SMILES string of the molecule is CC1CC2CC(C)CC(c3ccc(-c4cc(-c5nc(-c6ccncc6)nc(-c6ccc7c(c6)sc6ccccc67)n5)c5oc6ccccc6c5c4)cc3)(C1)C2. The molecule has 0 aliphatic heterocycles. The number of nitrogens with zero attached hydrogens (tertiary/aromatic N) is 4. The first kappa shape index (κ1) is 32.7. The highest BCUT2D eigenvalue weighted by molar-refractivity contribution is 7.25. The monoisotopic (exact) mass is 732 g/mol. The number of hydrogen-bond acceptors (Lipinski definition) is 6. The van der Waals surface area contributed by atoms with Crippen LogP contribution in [0.5, 0.6) is 0 Å². The van der Waals surface area contributed by atoms with Crippen LogP contribution < -0.4 is 0 Å². The van der Waals surface area contributed by atoms with Crippen molar-refractivity contribution in [2.24, 2.45) is 17.8 Å². The molecule has 268 valence electrons. The molecular formula is C49H40N4OS. The van der Waals surface area contributed by atoms with Gasteiger partial charge in [0, 0.05) is 54.5 Å². The molecule has 2 unspecified atom stereocenters. The van der Waals surface area contributed by atoms with Crippen LogP contribution in [-0.2, 0) is 5.41 Å². The summed E-state index contributed by atoms with van der Waals surface area (Å²) >= 11 is 1.80. The number of benzene rings is 5. The van der Waals surface area contributed by atoms with Crippen molar-refractivity contribution in [2.45, 2.75) is 51.4 Å². The minimum absolute atomic E-state index is 0.290. The van der Waals surface area contributed by atoms with E-state index in [0.29, 0.717) is 17.5 Å². The van der Waals surface area contributed by atoms with Gasteiger partial charge in [-0.25, -0.2) is 15.0 Å². The van der Waals surface area contributed by atoms with Crippen LogP contribution in [0.15, 0.2) is 132 Å². The fraction of sp³-hybridized carbons (Fsp3) is 0.224. The van der Waals surface area contributed by atoms with E-state index in [4.69, 9.17) is 19.4 Å². The summed E-state index contributed by atoms with van der Waals surface area (Å²) in [7, 11) is 0. The van der Waals surface area contributed by atoms with E-state index >= 15 is 0 Å². The normalized spacial score (nSPS) is 21.2. The molecule has 5 nitrogen and oxygen atoms in total. The molecule has 55 heavy (non-hydrogen) atoms. The van der Waals surface area contributed by atoms with Gasteiger partial charge in [-0.15, -0.1) is 11.3 Å². The zero-order chi connectivity index (χ0) is 36.7. The highest BCUT2D eigenvalue weighted by Gasteiger charge is 2.45. The minimum atomic E-state index is 0.290. The van der Waals surface area contributed by atoms with E-state index in [1.54, 1.807) is 23.7 Å². The first-order chi connectivity index (χ1) is 27.0. The van der Waals surface area contributed by atoms with Gasteiger partial charge in [-0.3, -0.25) is 4.98 Å². The van der Waals surface area contributed by atoms with Crippen LogP contribution in [0.25, 0.3) is 87.4 Å². The van der Waals surface area contributed by atoms with Gasteiger partial charge in [0.05, 0.1) is 5.56 Å². The van der Waals surface area contributed by atoms with Gasteiger partial charge in [0.15, 0.2) is 17.5 Å². The Bertz CT molecular complexity index is 2890. The molecule has 2 aliphatic carbocycles. The Hall–Kier alpha value is -5.72. The summed E-state index contributed by atoms with van der Waals surface area (Å²) in [6, 6.07) is 41.3. The van der Waals surface area contributed by atoms with Gasteiger partial charge in [0.1, 0.15) is 11.2 Å². The summed E-state index contributed by atoms with van der Waals surface area (Å²) in [5, 5.41) is 4.64. The topological polar surface area (TPSA) is 64.7 Å². The Morgan fingerprint density at radius 1 is 0.564 bits per heavy atom. The number of thiophene rings is 1. The van der Waals surface area contributed by atoms with Crippen molar-refractivity contribution in [1.29, 1.82) is 0 Å². The quantitative estimate of drug-likeness (QED) is 0.176. The largest absolute Gasteiger partial charge is 0.455 e. The van der Waals surface area contributed by atoms with E-state index in [-0.39, 0.29) is 5.41 Å². The van der Waals surface area contributed by atoms with Crippen molar-refractivity contribution in [1.82, 2.24) is 19.9 Å². The van der Waals surface area contributed by atoms with E-state index in [0.717, 1.165) is 61.9 Å². The molecule has 0 radical (unpaired) electrons.